The summed E-state index contributed by atoms with van der Waals surface area (Å²) < 4.78 is 5.75. The van der Waals surface area contributed by atoms with E-state index in [1.807, 2.05) is 0 Å². The Morgan fingerprint density at radius 2 is 1.77 bits per heavy atom. The molecule has 0 aromatic heterocycles. The van der Waals surface area contributed by atoms with Gasteiger partial charge in [-0.3, -0.25) is 0 Å². The second-order valence-corrected chi connectivity index (χ2v) is 13.0. The van der Waals surface area contributed by atoms with Gasteiger partial charge in [0.15, 0.2) is 9.84 Å². The van der Waals surface area contributed by atoms with Crippen molar-refractivity contribution < 1.29 is 0 Å². The maximum absolute atomic E-state index is 2.95. The van der Waals surface area contributed by atoms with E-state index in [0.29, 0.717) is 0 Å². The molecule has 78 valence electrons. The average molecular weight is 233 g/mol. The zero-order valence-corrected chi connectivity index (χ0v) is 13.4. The summed E-state index contributed by atoms with van der Waals surface area (Å²) in [5.74, 6) is 0. The van der Waals surface area contributed by atoms with E-state index < -0.39 is 8.96 Å². The first-order valence-corrected chi connectivity index (χ1v) is 11.8. The topological polar surface area (TPSA) is 6.48 Å². The van der Waals surface area contributed by atoms with Gasteiger partial charge in [0.25, 0.3) is 0 Å². The Kier molecular flexibility index (Phi) is 5.49. The van der Waals surface area contributed by atoms with Crippen LogP contribution in [0.4, 0.5) is 0 Å². The monoisotopic (exact) mass is 232 g/mol. The van der Waals surface area contributed by atoms with Crippen LogP contribution in [0.25, 0.3) is 0 Å². The van der Waals surface area contributed by atoms with Crippen LogP contribution < -0.4 is 0 Å². The molecule has 0 aromatic carbocycles. The molecule has 1 fully saturated rings. The van der Waals surface area contributed by atoms with Crippen LogP contribution in [0.15, 0.2) is 0 Å². The van der Waals surface area contributed by atoms with E-state index in [1.165, 1.54) is 32.4 Å². The molecular formula is C8H24N2Si3. The Hall–Kier alpha value is 0.571. The van der Waals surface area contributed by atoms with E-state index in [0.717, 1.165) is 0 Å². The van der Waals surface area contributed by atoms with Crippen molar-refractivity contribution in [2.45, 2.75) is 38.9 Å². The van der Waals surface area contributed by atoms with Gasteiger partial charge in [-0.25, -0.2) is 0 Å². The second-order valence-electron chi connectivity index (χ2n) is 4.32. The van der Waals surface area contributed by atoms with Crippen LogP contribution in [0.3, 0.4) is 0 Å². The summed E-state index contributed by atoms with van der Waals surface area (Å²) in [7, 11) is -0.269. The number of piperidine rings is 1. The first-order chi connectivity index (χ1) is 6.24. The molecule has 1 heterocycles. The average Bonchev–Trinajstić information content (AvgIpc) is 2.15. The van der Waals surface area contributed by atoms with Crippen molar-refractivity contribution in [1.82, 2.24) is 8.46 Å². The fourth-order valence-corrected chi connectivity index (χ4v) is 9.80. The van der Waals surface area contributed by atoms with Crippen molar-refractivity contribution in [2.24, 2.45) is 0 Å². The Morgan fingerprint density at radius 1 is 1.15 bits per heavy atom. The van der Waals surface area contributed by atoms with Crippen molar-refractivity contribution in [1.29, 1.82) is 0 Å². The summed E-state index contributed by atoms with van der Waals surface area (Å²) in [6, 6.07) is 0. The molecule has 1 rings (SSSR count). The third-order valence-electron chi connectivity index (χ3n) is 2.97. The smallest absolute Gasteiger partial charge is 0.159 e. The summed E-state index contributed by atoms with van der Waals surface area (Å²) >= 11 is 0. The molecule has 5 heteroatoms. The molecule has 1 saturated heterocycles. The van der Waals surface area contributed by atoms with Crippen molar-refractivity contribution in [3.63, 3.8) is 0 Å². The highest BCUT2D eigenvalue weighted by atomic mass is 28.4. The van der Waals surface area contributed by atoms with Crippen LogP contribution in [-0.2, 0) is 0 Å². The van der Waals surface area contributed by atoms with Crippen LogP contribution >= 0.6 is 0 Å². The highest BCUT2D eigenvalue weighted by Gasteiger charge is 2.15. The minimum absolute atomic E-state index is 0.0221. The van der Waals surface area contributed by atoms with Crippen LogP contribution in [0, 0.1) is 0 Å². The molecule has 0 radical (unpaired) electrons. The van der Waals surface area contributed by atoms with Gasteiger partial charge in [0, 0.05) is 0 Å². The van der Waals surface area contributed by atoms with Gasteiger partial charge in [0.05, 0.1) is 18.6 Å². The van der Waals surface area contributed by atoms with Crippen LogP contribution in [-0.4, -0.2) is 50.0 Å². The zero-order chi connectivity index (χ0) is 9.68. The third kappa shape index (κ3) is 4.07. The van der Waals surface area contributed by atoms with E-state index in [4.69, 9.17) is 0 Å². The predicted octanol–water partition coefficient (Wildman–Crippen LogP) is -0.112. The Morgan fingerprint density at radius 3 is 2.23 bits per heavy atom. The summed E-state index contributed by atoms with van der Waals surface area (Å²) in [6.07, 6.45) is 4.41. The van der Waals surface area contributed by atoms with E-state index in [9.17, 15) is 0 Å². The fraction of sp³-hybridized carbons (Fsp3) is 1.00. The first kappa shape index (κ1) is 11.6. The molecule has 0 N–H and O–H groups in total. The zero-order valence-electron chi connectivity index (χ0n) is 9.42. The van der Waals surface area contributed by atoms with E-state index in [2.05, 4.69) is 28.1 Å². The highest BCUT2D eigenvalue weighted by Crippen LogP contribution is 2.08. The van der Waals surface area contributed by atoms with E-state index >= 15 is 0 Å². The van der Waals surface area contributed by atoms with Gasteiger partial charge in [-0.2, -0.15) is 0 Å². The van der Waals surface area contributed by atoms with Crippen molar-refractivity contribution in [3.05, 3.63) is 0 Å². The molecule has 0 aliphatic carbocycles. The van der Waals surface area contributed by atoms with Gasteiger partial charge in [-0.15, -0.1) is 0 Å². The summed E-state index contributed by atoms with van der Waals surface area (Å²) in [4.78, 5) is 0. The summed E-state index contributed by atoms with van der Waals surface area (Å²) in [6.45, 7) is 10.3. The number of rotatable bonds is 4. The van der Waals surface area contributed by atoms with Crippen molar-refractivity contribution in [3.8, 4) is 0 Å². The SMILES string of the molecule is C[SiH2]N([SiH2]N1CCCCC1)[SiH](C)C. The lowest BCUT2D eigenvalue weighted by Crippen LogP contribution is -2.49. The number of nitrogens with zero attached hydrogens (tertiary/aromatic N) is 2. The quantitative estimate of drug-likeness (QED) is 0.624. The third-order valence-corrected chi connectivity index (χ3v) is 14.5. The molecule has 0 aromatic rings. The van der Waals surface area contributed by atoms with E-state index in [1.54, 1.807) is 0 Å². The maximum atomic E-state index is 2.95. The normalized spacial score (nSPS) is 21.9. The lowest BCUT2D eigenvalue weighted by Gasteiger charge is -2.34. The summed E-state index contributed by atoms with van der Waals surface area (Å²) in [5.41, 5.74) is 0. The molecule has 0 bridgehead atoms. The summed E-state index contributed by atoms with van der Waals surface area (Å²) in [5, 5.41) is 0. The molecule has 13 heavy (non-hydrogen) atoms. The van der Waals surface area contributed by atoms with Gasteiger partial charge < -0.3 is 8.46 Å². The lowest BCUT2D eigenvalue weighted by molar-refractivity contribution is 0.353. The number of hydrogen-bond donors (Lipinski definition) is 0. The molecule has 2 nitrogen and oxygen atoms in total. The first-order valence-electron chi connectivity index (χ1n) is 5.70. The molecule has 1 aliphatic rings. The van der Waals surface area contributed by atoms with Gasteiger partial charge in [0.1, 0.15) is 0 Å². The number of hydrogen-bond acceptors (Lipinski definition) is 2. The van der Waals surface area contributed by atoms with Crippen LogP contribution in [0.5, 0.6) is 0 Å². The fourth-order valence-electron chi connectivity index (χ4n) is 1.99. The second kappa shape index (κ2) is 6.13. The van der Waals surface area contributed by atoms with Gasteiger partial charge in [-0.05, 0) is 25.9 Å². The maximum Gasteiger partial charge on any atom is 0.159 e. The minimum atomic E-state index is -0.441. The lowest BCUT2D eigenvalue weighted by atomic mass is 10.2. The van der Waals surface area contributed by atoms with Gasteiger partial charge in [-0.1, -0.05) is 26.1 Å². The highest BCUT2D eigenvalue weighted by molar-refractivity contribution is 6.72. The molecular weight excluding hydrogens is 208 g/mol. The molecule has 0 saturated carbocycles. The van der Waals surface area contributed by atoms with Crippen molar-refractivity contribution in [2.75, 3.05) is 13.1 Å². The van der Waals surface area contributed by atoms with Crippen LogP contribution in [0.2, 0.25) is 19.6 Å². The minimum Gasteiger partial charge on any atom is -0.369 e. The van der Waals surface area contributed by atoms with Gasteiger partial charge in [0.2, 0.25) is 0 Å². The largest absolute Gasteiger partial charge is 0.369 e. The molecule has 0 atom stereocenters. The van der Waals surface area contributed by atoms with E-state index in [-0.39, 0.29) is 19.5 Å². The Balaban J connectivity index is 2.27. The standard InChI is InChI=1S/C8H24N2Si3/c1-11-10(13(2)3)12-9-7-5-4-6-8-9/h13H,4-8,11-12H2,1-3H3. The van der Waals surface area contributed by atoms with Crippen LogP contribution in [0.1, 0.15) is 19.3 Å². The Bertz CT molecular complexity index is 137. The molecule has 0 unspecified atom stereocenters. The van der Waals surface area contributed by atoms with Crippen molar-refractivity contribution >= 4 is 28.5 Å². The molecule has 1 aliphatic heterocycles. The predicted molar refractivity (Wildman–Crippen MR) is 69.1 cm³/mol. The molecule has 0 amide bonds. The van der Waals surface area contributed by atoms with Gasteiger partial charge >= 0.3 is 0 Å². The molecule has 0 spiro atoms. The Labute approximate surface area is 89.3 Å².